The summed E-state index contributed by atoms with van der Waals surface area (Å²) < 4.78 is 9.10. The molecule has 0 aliphatic carbocycles. The van der Waals surface area contributed by atoms with Gasteiger partial charge in [0.15, 0.2) is 0 Å². The van der Waals surface area contributed by atoms with Crippen molar-refractivity contribution < 1.29 is 14.3 Å². The molecule has 0 aromatic carbocycles. The minimum absolute atomic E-state index is 0.163. The van der Waals surface area contributed by atoms with E-state index in [4.69, 9.17) is 0 Å². The number of carbonyl (C=O) groups is 1. The standard InChI is InChI=1S/C6H11NO3/c1-3-4-10-6(8)7-5-9-2/h3H,1,4-5H2,2H3,(H,7,8). The second-order valence-corrected chi connectivity index (χ2v) is 1.50. The van der Waals surface area contributed by atoms with E-state index in [0.29, 0.717) is 0 Å². The Labute approximate surface area is 59.8 Å². The first-order valence-electron chi connectivity index (χ1n) is 2.81. The number of hydrogen-bond donors (Lipinski definition) is 1. The van der Waals surface area contributed by atoms with Gasteiger partial charge in [-0.15, -0.1) is 0 Å². The first-order valence-corrected chi connectivity index (χ1v) is 2.81. The number of hydrogen-bond acceptors (Lipinski definition) is 3. The van der Waals surface area contributed by atoms with Gasteiger partial charge in [0.2, 0.25) is 0 Å². The van der Waals surface area contributed by atoms with Crippen LogP contribution in [0.4, 0.5) is 4.79 Å². The molecule has 4 nitrogen and oxygen atoms in total. The molecule has 1 N–H and O–H groups in total. The van der Waals surface area contributed by atoms with Crippen molar-refractivity contribution >= 4 is 6.09 Å². The molecule has 0 saturated carbocycles. The predicted molar refractivity (Wildman–Crippen MR) is 36.6 cm³/mol. The number of ether oxygens (including phenoxy) is 2. The average molecular weight is 145 g/mol. The molecular weight excluding hydrogens is 134 g/mol. The van der Waals surface area contributed by atoms with Crippen LogP contribution in [0.15, 0.2) is 12.7 Å². The van der Waals surface area contributed by atoms with Crippen LogP contribution in [0.1, 0.15) is 0 Å². The summed E-state index contributed by atoms with van der Waals surface area (Å²) >= 11 is 0. The molecule has 0 aromatic rings. The molecule has 0 aliphatic rings. The Kier molecular flexibility index (Phi) is 5.47. The molecule has 0 atom stereocenters. The Morgan fingerprint density at radius 3 is 3.00 bits per heavy atom. The van der Waals surface area contributed by atoms with Crippen molar-refractivity contribution in [2.45, 2.75) is 0 Å². The normalized spacial score (nSPS) is 8.50. The molecule has 0 aromatic heterocycles. The van der Waals surface area contributed by atoms with Crippen molar-refractivity contribution in [3.8, 4) is 0 Å². The van der Waals surface area contributed by atoms with Crippen LogP contribution >= 0.6 is 0 Å². The van der Waals surface area contributed by atoms with Crippen LogP contribution in [-0.4, -0.2) is 26.5 Å². The predicted octanol–water partition coefficient (Wildman–Crippen LogP) is 0.502. The van der Waals surface area contributed by atoms with Gasteiger partial charge in [-0.2, -0.15) is 0 Å². The van der Waals surface area contributed by atoms with E-state index in [2.05, 4.69) is 21.4 Å². The number of methoxy groups -OCH3 is 1. The van der Waals surface area contributed by atoms with Crippen LogP contribution in [0.3, 0.4) is 0 Å². The summed E-state index contributed by atoms with van der Waals surface area (Å²) in [6, 6.07) is 0. The van der Waals surface area contributed by atoms with Crippen molar-refractivity contribution in [1.29, 1.82) is 0 Å². The van der Waals surface area contributed by atoms with Gasteiger partial charge in [0.05, 0.1) is 0 Å². The fourth-order valence-electron chi connectivity index (χ4n) is 0.317. The summed E-state index contributed by atoms with van der Waals surface area (Å²) in [6.07, 6.45) is 0.994. The quantitative estimate of drug-likeness (QED) is 0.463. The highest BCUT2D eigenvalue weighted by Crippen LogP contribution is 1.76. The van der Waals surface area contributed by atoms with Crippen LogP contribution in [-0.2, 0) is 9.47 Å². The van der Waals surface area contributed by atoms with E-state index < -0.39 is 6.09 Å². The molecule has 58 valence electrons. The number of nitrogens with one attached hydrogen (secondary N) is 1. The molecule has 0 radical (unpaired) electrons. The summed E-state index contributed by atoms with van der Waals surface area (Å²) in [5.41, 5.74) is 0. The molecule has 4 heteroatoms. The Morgan fingerprint density at radius 1 is 1.80 bits per heavy atom. The smallest absolute Gasteiger partial charge is 0.409 e. The van der Waals surface area contributed by atoms with Crippen molar-refractivity contribution in [3.63, 3.8) is 0 Å². The van der Waals surface area contributed by atoms with Gasteiger partial charge >= 0.3 is 6.09 Å². The lowest BCUT2D eigenvalue weighted by atomic mass is 10.7. The molecule has 0 heterocycles. The fraction of sp³-hybridized carbons (Fsp3) is 0.500. The van der Waals surface area contributed by atoms with E-state index in [1.54, 1.807) is 0 Å². The van der Waals surface area contributed by atoms with Crippen LogP contribution in [0.25, 0.3) is 0 Å². The zero-order chi connectivity index (χ0) is 7.82. The Hall–Kier alpha value is -1.03. The number of rotatable bonds is 4. The second kappa shape index (κ2) is 6.10. The maximum Gasteiger partial charge on any atom is 0.409 e. The van der Waals surface area contributed by atoms with Crippen molar-refractivity contribution in [2.24, 2.45) is 0 Å². The van der Waals surface area contributed by atoms with Crippen LogP contribution in [0, 0.1) is 0 Å². The van der Waals surface area contributed by atoms with E-state index in [1.165, 1.54) is 13.2 Å². The van der Waals surface area contributed by atoms with Crippen LogP contribution in [0.5, 0.6) is 0 Å². The Balaban J connectivity index is 3.16. The molecule has 0 spiro atoms. The molecule has 0 fully saturated rings. The van der Waals surface area contributed by atoms with E-state index in [-0.39, 0.29) is 13.3 Å². The summed E-state index contributed by atoms with van der Waals surface area (Å²) in [7, 11) is 1.48. The molecule has 0 aliphatic heterocycles. The third-order valence-corrected chi connectivity index (χ3v) is 0.693. The zero-order valence-electron chi connectivity index (χ0n) is 5.92. The highest BCUT2D eigenvalue weighted by atomic mass is 16.6. The number of alkyl carbamates (subject to hydrolysis) is 1. The average Bonchev–Trinajstić information content (AvgIpc) is 1.97. The van der Waals surface area contributed by atoms with E-state index >= 15 is 0 Å². The van der Waals surface area contributed by atoms with Crippen molar-refractivity contribution in [3.05, 3.63) is 12.7 Å². The van der Waals surface area contributed by atoms with Gasteiger partial charge in [0.1, 0.15) is 13.3 Å². The van der Waals surface area contributed by atoms with Crippen LogP contribution in [0.2, 0.25) is 0 Å². The summed E-state index contributed by atoms with van der Waals surface area (Å²) in [5.74, 6) is 0. The van der Waals surface area contributed by atoms with Crippen molar-refractivity contribution in [2.75, 3.05) is 20.4 Å². The first kappa shape index (κ1) is 8.97. The van der Waals surface area contributed by atoms with E-state index in [0.717, 1.165) is 0 Å². The van der Waals surface area contributed by atoms with E-state index in [1.807, 2.05) is 0 Å². The SMILES string of the molecule is C=CCOC(=O)NCOC. The van der Waals surface area contributed by atoms with Gasteiger partial charge in [-0.05, 0) is 0 Å². The van der Waals surface area contributed by atoms with Gasteiger partial charge in [-0.3, -0.25) is 5.32 Å². The summed E-state index contributed by atoms with van der Waals surface area (Å²) in [6.45, 7) is 3.76. The highest BCUT2D eigenvalue weighted by Gasteiger charge is 1.95. The highest BCUT2D eigenvalue weighted by molar-refractivity contribution is 5.66. The van der Waals surface area contributed by atoms with Gasteiger partial charge in [-0.25, -0.2) is 4.79 Å². The van der Waals surface area contributed by atoms with Crippen molar-refractivity contribution in [1.82, 2.24) is 5.32 Å². The maximum atomic E-state index is 10.5. The molecule has 10 heavy (non-hydrogen) atoms. The maximum absolute atomic E-state index is 10.5. The minimum atomic E-state index is -0.498. The zero-order valence-corrected chi connectivity index (χ0v) is 5.92. The first-order chi connectivity index (χ1) is 4.81. The summed E-state index contributed by atoms with van der Waals surface area (Å²) in [4.78, 5) is 10.5. The van der Waals surface area contributed by atoms with Gasteiger partial charge in [0.25, 0.3) is 0 Å². The molecule has 0 unspecified atom stereocenters. The Bertz CT molecular complexity index is 114. The fourth-order valence-corrected chi connectivity index (χ4v) is 0.317. The topological polar surface area (TPSA) is 47.6 Å². The molecule has 0 bridgehead atoms. The molecular formula is C6H11NO3. The van der Waals surface area contributed by atoms with Gasteiger partial charge in [0, 0.05) is 7.11 Å². The second-order valence-electron chi connectivity index (χ2n) is 1.50. The molecule has 0 rings (SSSR count). The third kappa shape index (κ3) is 5.11. The summed E-state index contributed by atoms with van der Waals surface area (Å²) in [5, 5.41) is 2.34. The molecule has 0 saturated heterocycles. The lowest BCUT2D eigenvalue weighted by molar-refractivity contribution is 0.128. The monoisotopic (exact) mass is 145 g/mol. The van der Waals surface area contributed by atoms with Crippen LogP contribution < -0.4 is 5.32 Å². The van der Waals surface area contributed by atoms with Gasteiger partial charge in [-0.1, -0.05) is 12.7 Å². The largest absolute Gasteiger partial charge is 0.445 e. The van der Waals surface area contributed by atoms with E-state index in [9.17, 15) is 4.79 Å². The van der Waals surface area contributed by atoms with Gasteiger partial charge < -0.3 is 9.47 Å². The molecule has 1 amide bonds. The lowest BCUT2D eigenvalue weighted by Gasteiger charge is -2.02. The third-order valence-electron chi connectivity index (χ3n) is 0.693. The number of carbonyl (C=O) groups excluding carboxylic acids is 1. The lowest BCUT2D eigenvalue weighted by Crippen LogP contribution is -2.26. The number of amides is 1. The minimum Gasteiger partial charge on any atom is -0.445 e. The Morgan fingerprint density at radius 2 is 2.50 bits per heavy atom.